The van der Waals surface area contributed by atoms with Crippen molar-refractivity contribution in [2.45, 2.75) is 43.9 Å². The number of aryl methyl sites for hydroxylation is 1. The Kier molecular flexibility index (Phi) is 4.69. The molecule has 3 unspecified atom stereocenters. The predicted octanol–water partition coefficient (Wildman–Crippen LogP) is 2.92. The van der Waals surface area contributed by atoms with E-state index in [1.807, 2.05) is 7.05 Å². The van der Waals surface area contributed by atoms with Gasteiger partial charge in [0.15, 0.2) is 0 Å². The van der Waals surface area contributed by atoms with Gasteiger partial charge in [0.2, 0.25) is 0 Å². The lowest BCUT2D eigenvalue weighted by molar-refractivity contribution is 0.282. The van der Waals surface area contributed by atoms with Gasteiger partial charge in [0.25, 0.3) is 0 Å². The van der Waals surface area contributed by atoms with Gasteiger partial charge in [-0.15, -0.1) is 0 Å². The number of hydrogen-bond donors (Lipinski definition) is 1. The van der Waals surface area contributed by atoms with Gasteiger partial charge in [-0.25, -0.2) is 8.42 Å². The van der Waals surface area contributed by atoms with Gasteiger partial charge in [0.05, 0.1) is 5.25 Å². The molecule has 19 heavy (non-hydrogen) atoms. The van der Waals surface area contributed by atoms with E-state index in [2.05, 4.69) is 23.0 Å². The van der Waals surface area contributed by atoms with E-state index in [9.17, 15) is 8.42 Å². The summed E-state index contributed by atoms with van der Waals surface area (Å²) in [5.74, 6) is 0.423. The number of rotatable bonds is 4. The molecule has 1 heterocycles. The Morgan fingerprint density at radius 1 is 1.37 bits per heavy atom. The van der Waals surface area contributed by atoms with Crippen LogP contribution < -0.4 is 5.32 Å². The lowest BCUT2D eigenvalue weighted by Gasteiger charge is -2.34. The minimum absolute atomic E-state index is 0.152. The van der Waals surface area contributed by atoms with E-state index in [0.29, 0.717) is 5.92 Å². The third kappa shape index (κ3) is 3.38. The summed E-state index contributed by atoms with van der Waals surface area (Å²) < 4.78 is 23.6. The first-order chi connectivity index (χ1) is 8.93. The van der Waals surface area contributed by atoms with Crippen LogP contribution in [0.15, 0.2) is 10.8 Å². The highest BCUT2D eigenvalue weighted by molar-refractivity contribution is 7.91. The molecule has 2 rings (SSSR count). The summed E-state index contributed by atoms with van der Waals surface area (Å²) in [6.07, 6.45) is 5.13. The van der Waals surface area contributed by atoms with Crippen molar-refractivity contribution in [2.24, 2.45) is 5.92 Å². The molecule has 1 aliphatic carbocycles. The van der Waals surface area contributed by atoms with E-state index in [1.54, 1.807) is 11.3 Å². The van der Waals surface area contributed by atoms with E-state index in [4.69, 9.17) is 0 Å². The molecule has 0 aliphatic heterocycles. The van der Waals surface area contributed by atoms with Gasteiger partial charge < -0.3 is 5.32 Å². The summed E-state index contributed by atoms with van der Waals surface area (Å²) in [7, 11) is -0.927. The lowest BCUT2D eigenvalue weighted by atomic mass is 9.81. The van der Waals surface area contributed by atoms with Crippen LogP contribution in [0.25, 0.3) is 0 Å². The largest absolute Gasteiger partial charge is 0.313 e. The van der Waals surface area contributed by atoms with Crippen molar-refractivity contribution in [3.05, 3.63) is 21.9 Å². The van der Waals surface area contributed by atoms with Crippen LogP contribution in [-0.4, -0.2) is 27.0 Å². The van der Waals surface area contributed by atoms with Crippen LogP contribution >= 0.6 is 11.3 Å². The Hall–Kier alpha value is -0.390. The highest BCUT2D eigenvalue weighted by Crippen LogP contribution is 2.38. The molecule has 1 aromatic rings. The van der Waals surface area contributed by atoms with Gasteiger partial charge in [-0.1, -0.05) is 6.42 Å². The van der Waals surface area contributed by atoms with Crippen LogP contribution in [0, 0.1) is 12.8 Å². The van der Waals surface area contributed by atoms with Gasteiger partial charge >= 0.3 is 0 Å². The van der Waals surface area contributed by atoms with Crippen LogP contribution in [0.2, 0.25) is 0 Å². The number of sulfone groups is 1. The zero-order valence-corrected chi connectivity index (χ0v) is 13.5. The van der Waals surface area contributed by atoms with Gasteiger partial charge in [-0.2, -0.15) is 11.3 Å². The molecule has 1 aliphatic rings. The molecule has 0 saturated heterocycles. The summed E-state index contributed by atoms with van der Waals surface area (Å²) in [6, 6.07) is 0.288. The quantitative estimate of drug-likeness (QED) is 0.930. The standard InChI is InChI=1S/C14H23NO2S2/c1-10-8-18-9-13(10)14(15-2)11-5-4-6-12(7-11)19(3,16)17/h8-9,11-12,14-15H,4-7H2,1-3H3. The molecular weight excluding hydrogens is 278 g/mol. The van der Waals surface area contributed by atoms with Gasteiger partial charge in [0.1, 0.15) is 9.84 Å². The molecular formula is C14H23NO2S2. The molecule has 1 N–H and O–H groups in total. The maximum absolute atomic E-state index is 11.8. The maximum atomic E-state index is 11.8. The van der Waals surface area contributed by atoms with Gasteiger partial charge in [-0.05, 0) is 61.0 Å². The molecule has 0 spiro atoms. The number of nitrogens with one attached hydrogen (secondary N) is 1. The fourth-order valence-corrected chi connectivity index (χ4v) is 5.29. The Bertz CT molecular complexity index is 521. The second-order valence-electron chi connectivity index (χ2n) is 5.65. The zero-order chi connectivity index (χ0) is 14.0. The molecule has 1 fully saturated rings. The minimum Gasteiger partial charge on any atom is -0.313 e. The molecule has 108 valence electrons. The number of hydrogen-bond acceptors (Lipinski definition) is 4. The van der Waals surface area contributed by atoms with Crippen LogP contribution in [0.5, 0.6) is 0 Å². The zero-order valence-electron chi connectivity index (χ0n) is 11.8. The molecule has 0 bridgehead atoms. The minimum atomic E-state index is -2.90. The van der Waals surface area contributed by atoms with E-state index in [1.165, 1.54) is 17.4 Å². The van der Waals surface area contributed by atoms with Crippen LogP contribution in [0.4, 0.5) is 0 Å². The SMILES string of the molecule is CNC(c1cscc1C)C1CCCC(S(C)(=O)=O)C1. The molecule has 0 aromatic carbocycles. The Balaban J connectivity index is 2.18. The second-order valence-corrected chi connectivity index (χ2v) is 8.72. The van der Waals surface area contributed by atoms with Crippen molar-refractivity contribution < 1.29 is 8.42 Å². The van der Waals surface area contributed by atoms with Crippen molar-refractivity contribution in [3.8, 4) is 0 Å². The van der Waals surface area contributed by atoms with Crippen LogP contribution in [0.1, 0.15) is 42.9 Å². The van der Waals surface area contributed by atoms with Crippen molar-refractivity contribution in [1.82, 2.24) is 5.32 Å². The van der Waals surface area contributed by atoms with Crippen molar-refractivity contribution in [2.75, 3.05) is 13.3 Å². The smallest absolute Gasteiger partial charge is 0.150 e. The van der Waals surface area contributed by atoms with Gasteiger partial charge in [0, 0.05) is 12.3 Å². The fraction of sp³-hybridized carbons (Fsp3) is 0.714. The summed E-state index contributed by atoms with van der Waals surface area (Å²) in [6.45, 7) is 2.13. The molecule has 3 nitrogen and oxygen atoms in total. The average Bonchev–Trinajstić information content (AvgIpc) is 2.76. The summed E-state index contributed by atoms with van der Waals surface area (Å²) >= 11 is 1.72. The average molecular weight is 301 g/mol. The topological polar surface area (TPSA) is 46.2 Å². The van der Waals surface area contributed by atoms with E-state index >= 15 is 0 Å². The highest BCUT2D eigenvalue weighted by Gasteiger charge is 2.33. The first-order valence-corrected chi connectivity index (χ1v) is 9.72. The van der Waals surface area contributed by atoms with E-state index < -0.39 is 9.84 Å². The normalized spacial score (nSPS) is 26.3. The Labute approximate surface area is 120 Å². The first-order valence-electron chi connectivity index (χ1n) is 6.82. The monoisotopic (exact) mass is 301 g/mol. The highest BCUT2D eigenvalue weighted by atomic mass is 32.2. The Morgan fingerprint density at radius 3 is 2.63 bits per heavy atom. The van der Waals surface area contributed by atoms with Crippen molar-refractivity contribution in [3.63, 3.8) is 0 Å². The molecule has 0 amide bonds. The summed E-state index contributed by atoms with van der Waals surface area (Å²) in [5.41, 5.74) is 2.65. The molecule has 3 atom stereocenters. The second kappa shape index (κ2) is 5.94. The summed E-state index contributed by atoms with van der Waals surface area (Å²) in [5, 5.41) is 7.61. The number of thiophene rings is 1. The molecule has 1 aromatic heterocycles. The Morgan fingerprint density at radius 2 is 2.11 bits per heavy atom. The van der Waals surface area contributed by atoms with Crippen molar-refractivity contribution in [1.29, 1.82) is 0 Å². The van der Waals surface area contributed by atoms with E-state index in [0.717, 1.165) is 25.7 Å². The molecule has 0 radical (unpaired) electrons. The van der Waals surface area contributed by atoms with Crippen LogP contribution in [0.3, 0.4) is 0 Å². The fourth-order valence-electron chi connectivity index (χ4n) is 3.21. The van der Waals surface area contributed by atoms with E-state index in [-0.39, 0.29) is 11.3 Å². The summed E-state index contributed by atoms with van der Waals surface area (Å²) in [4.78, 5) is 0. The third-order valence-corrected chi connectivity index (χ3v) is 6.80. The van der Waals surface area contributed by atoms with Gasteiger partial charge in [-0.3, -0.25) is 0 Å². The van der Waals surface area contributed by atoms with Crippen molar-refractivity contribution >= 4 is 21.2 Å². The molecule has 1 saturated carbocycles. The maximum Gasteiger partial charge on any atom is 0.150 e. The predicted molar refractivity (Wildman–Crippen MR) is 81.4 cm³/mol. The third-order valence-electron chi connectivity index (χ3n) is 4.28. The molecule has 5 heteroatoms. The van der Waals surface area contributed by atoms with Crippen LogP contribution in [-0.2, 0) is 9.84 Å². The first kappa shape index (κ1) is 15.0. The lowest BCUT2D eigenvalue weighted by Crippen LogP contribution is -2.34.